The van der Waals surface area contributed by atoms with Gasteiger partial charge in [-0.1, -0.05) is 30.3 Å². The van der Waals surface area contributed by atoms with Crippen molar-refractivity contribution in [1.82, 2.24) is 15.1 Å². The van der Waals surface area contributed by atoms with E-state index in [2.05, 4.69) is 15.7 Å². The van der Waals surface area contributed by atoms with E-state index in [-0.39, 0.29) is 24.0 Å². The third-order valence-electron chi connectivity index (χ3n) is 4.96. The normalized spacial score (nSPS) is 19.9. The van der Waals surface area contributed by atoms with E-state index in [0.29, 0.717) is 5.76 Å². The first kappa shape index (κ1) is 19.1. The van der Waals surface area contributed by atoms with Crippen LogP contribution in [0.15, 0.2) is 59.2 Å². The number of alkyl halides is 3. The van der Waals surface area contributed by atoms with Gasteiger partial charge in [0.25, 0.3) is 5.91 Å². The summed E-state index contributed by atoms with van der Waals surface area (Å²) in [5.74, 6) is -0.0200. The second-order valence-corrected chi connectivity index (χ2v) is 6.97. The summed E-state index contributed by atoms with van der Waals surface area (Å²) < 4.78 is 47.1. The number of rotatable bonds is 4. The van der Waals surface area contributed by atoms with Gasteiger partial charge in [0, 0.05) is 12.5 Å². The number of nitrogens with one attached hydrogen (secondary N) is 2. The number of carbonyl (C=O) groups excluding carboxylic acids is 1. The zero-order valence-electron chi connectivity index (χ0n) is 15.5. The molecule has 4 rings (SSSR count). The third-order valence-corrected chi connectivity index (χ3v) is 4.96. The maximum absolute atomic E-state index is 13.7. The Bertz CT molecular complexity index is 983. The van der Waals surface area contributed by atoms with E-state index < -0.39 is 24.2 Å². The quantitative estimate of drug-likeness (QED) is 0.665. The molecule has 152 valence electrons. The lowest BCUT2D eigenvalue weighted by molar-refractivity contribution is -0.174. The van der Waals surface area contributed by atoms with Gasteiger partial charge in [0.05, 0.1) is 18.3 Å². The lowest BCUT2D eigenvalue weighted by atomic mass is 10.0. The SMILES string of the molecule is C[C@H](NC(=O)c1cc2n(n1)[C@H](C(F)(F)F)C[C@H](c1ccco1)N2)c1ccccc1. The minimum Gasteiger partial charge on any atom is -0.467 e. The minimum absolute atomic E-state index is 0.0790. The van der Waals surface area contributed by atoms with Crippen LogP contribution in [0.3, 0.4) is 0 Å². The Hall–Kier alpha value is -3.23. The summed E-state index contributed by atoms with van der Waals surface area (Å²) in [6.07, 6.45) is -3.39. The van der Waals surface area contributed by atoms with Gasteiger partial charge in [0.1, 0.15) is 11.6 Å². The molecule has 3 heterocycles. The molecule has 1 amide bonds. The van der Waals surface area contributed by atoms with Crippen molar-refractivity contribution in [3.8, 4) is 0 Å². The fraction of sp³-hybridized carbons (Fsp3) is 0.300. The van der Waals surface area contributed by atoms with Crippen molar-refractivity contribution >= 4 is 11.7 Å². The van der Waals surface area contributed by atoms with Crippen LogP contribution < -0.4 is 10.6 Å². The molecule has 1 aliphatic heterocycles. The molecule has 0 spiro atoms. The predicted octanol–water partition coefficient (Wildman–Crippen LogP) is 4.63. The second-order valence-electron chi connectivity index (χ2n) is 6.97. The van der Waals surface area contributed by atoms with E-state index in [1.54, 1.807) is 19.1 Å². The van der Waals surface area contributed by atoms with Gasteiger partial charge in [0.15, 0.2) is 11.7 Å². The van der Waals surface area contributed by atoms with Crippen LogP contribution >= 0.6 is 0 Å². The maximum atomic E-state index is 13.7. The highest BCUT2D eigenvalue weighted by atomic mass is 19.4. The van der Waals surface area contributed by atoms with Crippen LogP contribution in [-0.2, 0) is 0 Å². The number of hydrogen-bond acceptors (Lipinski definition) is 4. The van der Waals surface area contributed by atoms with Crippen molar-refractivity contribution in [1.29, 1.82) is 0 Å². The standard InChI is InChI=1S/C20H19F3N4O2/c1-12(13-6-3-2-4-7-13)24-19(28)15-11-18-25-14(16-8-5-9-29-16)10-17(20(21,22)23)27(18)26-15/h2-9,11-12,14,17,25H,10H2,1H3,(H,24,28)/t12-,14+,17-/m0/s1. The molecular formula is C20H19F3N4O2. The number of furan rings is 1. The van der Waals surface area contributed by atoms with E-state index in [1.165, 1.54) is 12.3 Å². The van der Waals surface area contributed by atoms with Crippen molar-refractivity contribution < 1.29 is 22.4 Å². The number of nitrogens with zero attached hydrogens (tertiary/aromatic N) is 2. The lowest BCUT2D eigenvalue weighted by Gasteiger charge is -2.32. The molecule has 1 aromatic carbocycles. The lowest BCUT2D eigenvalue weighted by Crippen LogP contribution is -2.35. The van der Waals surface area contributed by atoms with Gasteiger partial charge in [-0.2, -0.15) is 18.3 Å². The first-order valence-electron chi connectivity index (χ1n) is 9.15. The number of anilines is 1. The van der Waals surface area contributed by atoms with E-state index in [1.807, 2.05) is 30.3 Å². The zero-order valence-corrected chi connectivity index (χ0v) is 15.5. The molecule has 3 atom stereocenters. The fourth-order valence-corrected chi connectivity index (χ4v) is 3.46. The summed E-state index contributed by atoms with van der Waals surface area (Å²) in [6, 6.07) is 11.0. The largest absolute Gasteiger partial charge is 0.467 e. The number of fused-ring (bicyclic) bond motifs is 1. The minimum atomic E-state index is -4.52. The summed E-state index contributed by atoms with van der Waals surface area (Å²) in [7, 11) is 0. The average molecular weight is 404 g/mol. The Morgan fingerprint density at radius 2 is 2.03 bits per heavy atom. The molecule has 0 fully saturated rings. The third kappa shape index (κ3) is 3.85. The van der Waals surface area contributed by atoms with Crippen molar-refractivity contribution in [3.05, 3.63) is 71.8 Å². The number of amides is 1. The van der Waals surface area contributed by atoms with E-state index in [9.17, 15) is 18.0 Å². The highest BCUT2D eigenvalue weighted by Gasteiger charge is 2.47. The number of carbonyl (C=O) groups is 1. The van der Waals surface area contributed by atoms with Crippen LogP contribution in [0.1, 0.15) is 53.3 Å². The van der Waals surface area contributed by atoms with Gasteiger partial charge < -0.3 is 15.1 Å². The molecule has 9 heteroatoms. The monoisotopic (exact) mass is 404 g/mol. The van der Waals surface area contributed by atoms with Crippen LogP contribution in [0.5, 0.6) is 0 Å². The average Bonchev–Trinajstić information content (AvgIpc) is 3.36. The van der Waals surface area contributed by atoms with Gasteiger partial charge in [-0.15, -0.1) is 0 Å². The predicted molar refractivity (Wildman–Crippen MR) is 99.3 cm³/mol. The summed E-state index contributed by atoms with van der Waals surface area (Å²) in [5, 5.41) is 9.71. The van der Waals surface area contributed by atoms with Gasteiger partial charge in [0.2, 0.25) is 0 Å². The van der Waals surface area contributed by atoms with Crippen molar-refractivity contribution in [2.24, 2.45) is 0 Å². The van der Waals surface area contributed by atoms with E-state index >= 15 is 0 Å². The summed E-state index contributed by atoms with van der Waals surface area (Å²) in [6.45, 7) is 1.80. The molecule has 0 aliphatic carbocycles. The molecule has 0 saturated carbocycles. The first-order chi connectivity index (χ1) is 13.8. The molecule has 0 radical (unpaired) electrons. The second kappa shape index (κ2) is 7.31. The van der Waals surface area contributed by atoms with E-state index in [4.69, 9.17) is 4.42 Å². The number of hydrogen-bond donors (Lipinski definition) is 2. The van der Waals surface area contributed by atoms with Crippen LogP contribution in [0, 0.1) is 0 Å². The molecule has 29 heavy (non-hydrogen) atoms. The molecule has 0 unspecified atom stereocenters. The van der Waals surface area contributed by atoms with Gasteiger partial charge in [-0.3, -0.25) is 4.79 Å². The molecule has 2 N–H and O–H groups in total. The molecular weight excluding hydrogens is 385 g/mol. The summed E-state index contributed by atoms with van der Waals surface area (Å²) in [5.41, 5.74) is 0.804. The Morgan fingerprint density at radius 3 is 2.69 bits per heavy atom. The number of halogens is 3. The Morgan fingerprint density at radius 1 is 1.28 bits per heavy atom. The van der Waals surface area contributed by atoms with Gasteiger partial charge in [-0.05, 0) is 24.6 Å². The highest BCUT2D eigenvalue weighted by Crippen LogP contribution is 2.43. The molecule has 6 nitrogen and oxygen atoms in total. The summed E-state index contributed by atoms with van der Waals surface area (Å²) in [4.78, 5) is 12.6. The Labute approximate surface area is 164 Å². The van der Waals surface area contributed by atoms with Crippen LogP contribution in [0.2, 0.25) is 0 Å². The summed E-state index contributed by atoms with van der Waals surface area (Å²) >= 11 is 0. The van der Waals surface area contributed by atoms with Crippen LogP contribution in [-0.4, -0.2) is 21.9 Å². The first-order valence-corrected chi connectivity index (χ1v) is 9.15. The zero-order chi connectivity index (χ0) is 20.6. The van der Waals surface area contributed by atoms with Crippen LogP contribution in [0.25, 0.3) is 0 Å². The van der Waals surface area contributed by atoms with Crippen molar-refractivity contribution in [2.45, 2.75) is 37.6 Å². The number of benzene rings is 1. The van der Waals surface area contributed by atoms with Gasteiger partial charge >= 0.3 is 6.18 Å². The smallest absolute Gasteiger partial charge is 0.410 e. The van der Waals surface area contributed by atoms with E-state index in [0.717, 1.165) is 10.2 Å². The maximum Gasteiger partial charge on any atom is 0.410 e. The fourth-order valence-electron chi connectivity index (χ4n) is 3.46. The topological polar surface area (TPSA) is 72.1 Å². The highest BCUT2D eigenvalue weighted by molar-refractivity contribution is 5.93. The molecule has 2 aromatic heterocycles. The number of aromatic nitrogens is 2. The van der Waals surface area contributed by atoms with Crippen LogP contribution in [0.4, 0.5) is 19.0 Å². The Kier molecular flexibility index (Phi) is 4.81. The van der Waals surface area contributed by atoms with Gasteiger partial charge in [-0.25, -0.2) is 4.68 Å². The molecule has 1 aliphatic rings. The molecule has 0 saturated heterocycles. The molecule has 3 aromatic rings. The van der Waals surface area contributed by atoms with Crippen molar-refractivity contribution in [3.63, 3.8) is 0 Å². The Balaban J connectivity index is 1.59. The van der Waals surface area contributed by atoms with Crippen molar-refractivity contribution in [2.75, 3.05) is 5.32 Å². The molecule has 0 bridgehead atoms.